The molecule has 1 heterocycles. The molecule has 1 aliphatic carbocycles. The third-order valence-electron chi connectivity index (χ3n) is 4.27. The van der Waals surface area contributed by atoms with Gasteiger partial charge in [0.25, 0.3) is 0 Å². The lowest BCUT2D eigenvalue weighted by molar-refractivity contribution is -0.151. The summed E-state index contributed by atoms with van der Waals surface area (Å²) in [6, 6.07) is 0. The van der Waals surface area contributed by atoms with Gasteiger partial charge in [-0.05, 0) is 25.7 Å². The summed E-state index contributed by atoms with van der Waals surface area (Å²) in [5, 5.41) is 10.6. The summed E-state index contributed by atoms with van der Waals surface area (Å²) in [5.74, 6) is 0. The molecule has 0 aromatic heterocycles. The molecule has 82 valence electrons. The smallest absolute Gasteiger partial charge is 0.0826 e. The normalized spacial score (nSPS) is 37.3. The molecule has 2 fully saturated rings. The molecule has 1 saturated heterocycles. The number of hydrogen-bond acceptors (Lipinski definition) is 3. The van der Waals surface area contributed by atoms with Gasteiger partial charge < -0.3 is 15.6 Å². The summed E-state index contributed by atoms with van der Waals surface area (Å²) in [6.07, 6.45) is 6.34. The van der Waals surface area contributed by atoms with Crippen molar-refractivity contribution in [3.63, 3.8) is 0 Å². The third kappa shape index (κ3) is 1.47. The van der Waals surface area contributed by atoms with Crippen LogP contribution in [0.1, 0.15) is 38.5 Å². The first-order chi connectivity index (χ1) is 6.72. The van der Waals surface area contributed by atoms with Crippen molar-refractivity contribution in [2.24, 2.45) is 11.1 Å². The van der Waals surface area contributed by atoms with E-state index in [0.29, 0.717) is 6.54 Å². The van der Waals surface area contributed by atoms with Crippen molar-refractivity contribution in [1.29, 1.82) is 0 Å². The Kier molecular flexibility index (Phi) is 2.82. The standard InChI is InChI=1S/C11H21NO2/c12-9-11(13)4-2-1-3-10(11)5-7-14-8-6-10/h13H,1-9,12H2. The Morgan fingerprint density at radius 1 is 1.07 bits per heavy atom. The summed E-state index contributed by atoms with van der Waals surface area (Å²) >= 11 is 0. The molecule has 3 nitrogen and oxygen atoms in total. The summed E-state index contributed by atoms with van der Waals surface area (Å²) < 4.78 is 5.38. The maximum Gasteiger partial charge on any atom is 0.0826 e. The van der Waals surface area contributed by atoms with Gasteiger partial charge in [-0.1, -0.05) is 12.8 Å². The molecule has 0 aromatic carbocycles. The number of hydrogen-bond donors (Lipinski definition) is 2. The van der Waals surface area contributed by atoms with Crippen molar-refractivity contribution in [2.75, 3.05) is 19.8 Å². The van der Waals surface area contributed by atoms with Gasteiger partial charge in [-0.25, -0.2) is 0 Å². The molecule has 2 aliphatic rings. The molecule has 1 atom stereocenters. The monoisotopic (exact) mass is 199 g/mol. The number of rotatable bonds is 1. The van der Waals surface area contributed by atoms with Crippen LogP contribution in [0, 0.1) is 5.41 Å². The predicted octanol–water partition coefficient (Wildman–Crippen LogP) is 1.05. The second-order valence-corrected chi connectivity index (χ2v) is 4.84. The van der Waals surface area contributed by atoms with Crippen LogP contribution in [0.3, 0.4) is 0 Å². The highest BCUT2D eigenvalue weighted by atomic mass is 16.5. The Hall–Kier alpha value is -0.120. The Balaban J connectivity index is 2.19. The summed E-state index contributed by atoms with van der Waals surface area (Å²) in [7, 11) is 0. The summed E-state index contributed by atoms with van der Waals surface area (Å²) in [4.78, 5) is 0. The minimum atomic E-state index is -0.616. The highest BCUT2D eigenvalue weighted by molar-refractivity contribution is 5.02. The van der Waals surface area contributed by atoms with Gasteiger partial charge in [0.05, 0.1) is 5.60 Å². The van der Waals surface area contributed by atoms with Gasteiger partial charge in [-0.15, -0.1) is 0 Å². The molecule has 1 aliphatic heterocycles. The molecule has 14 heavy (non-hydrogen) atoms. The first-order valence-electron chi connectivity index (χ1n) is 5.73. The molecule has 1 spiro atoms. The lowest BCUT2D eigenvalue weighted by atomic mass is 9.59. The van der Waals surface area contributed by atoms with Crippen molar-refractivity contribution in [1.82, 2.24) is 0 Å². The van der Waals surface area contributed by atoms with Gasteiger partial charge >= 0.3 is 0 Å². The Morgan fingerprint density at radius 3 is 2.36 bits per heavy atom. The van der Waals surface area contributed by atoms with E-state index < -0.39 is 5.60 Å². The van der Waals surface area contributed by atoms with Crippen molar-refractivity contribution in [3.8, 4) is 0 Å². The highest BCUT2D eigenvalue weighted by Crippen LogP contribution is 2.50. The van der Waals surface area contributed by atoms with E-state index in [-0.39, 0.29) is 5.41 Å². The maximum absolute atomic E-state index is 10.6. The molecule has 2 rings (SSSR count). The first kappa shape index (κ1) is 10.4. The van der Waals surface area contributed by atoms with Crippen molar-refractivity contribution in [2.45, 2.75) is 44.1 Å². The van der Waals surface area contributed by atoms with Crippen LogP contribution >= 0.6 is 0 Å². The second kappa shape index (κ2) is 3.80. The van der Waals surface area contributed by atoms with Gasteiger partial charge in [-0.2, -0.15) is 0 Å². The number of aliphatic hydroxyl groups is 1. The van der Waals surface area contributed by atoms with Crippen molar-refractivity contribution in [3.05, 3.63) is 0 Å². The molecule has 1 unspecified atom stereocenters. The zero-order valence-electron chi connectivity index (χ0n) is 8.80. The average Bonchev–Trinajstić information content (AvgIpc) is 2.24. The zero-order valence-corrected chi connectivity index (χ0v) is 8.80. The predicted molar refractivity (Wildman–Crippen MR) is 55.0 cm³/mol. The van der Waals surface area contributed by atoms with Gasteiger partial charge in [0, 0.05) is 25.2 Å². The van der Waals surface area contributed by atoms with E-state index in [1.165, 1.54) is 6.42 Å². The SMILES string of the molecule is NCC1(O)CCCCC12CCOCC2. The van der Waals surface area contributed by atoms with E-state index in [4.69, 9.17) is 10.5 Å². The van der Waals surface area contributed by atoms with Gasteiger partial charge in [0.2, 0.25) is 0 Å². The fourth-order valence-corrected chi connectivity index (χ4v) is 3.17. The molecule has 0 aromatic rings. The molecule has 1 saturated carbocycles. The van der Waals surface area contributed by atoms with Crippen molar-refractivity contribution >= 4 is 0 Å². The molecular formula is C11H21NO2. The largest absolute Gasteiger partial charge is 0.388 e. The number of nitrogens with two attached hydrogens (primary N) is 1. The first-order valence-corrected chi connectivity index (χ1v) is 5.73. The second-order valence-electron chi connectivity index (χ2n) is 4.84. The van der Waals surface area contributed by atoms with Crippen LogP contribution in [-0.4, -0.2) is 30.5 Å². The minimum Gasteiger partial charge on any atom is -0.388 e. The van der Waals surface area contributed by atoms with Crippen LogP contribution in [-0.2, 0) is 4.74 Å². The minimum absolute atomic E-state index is 0.0677. The number of ether oxygens (including phenoxy) is 1. The van der Waals surface area contributed by atoms with E-state index in [9.17, 15) is 5.11 Å². The van der Waals surface area contributed by atoms with Crippen LogP contribution in [0.5, 0.6) is 0 Å². The summed E-state index contributed by atoms with van der Waals surface area (Å²) in [6.45, 7) is 2.00. The molecular weight excluding hydrogens is 178 g/mol. The molecule has 0 radical (unpaired) electrons. The van der Waals surface area contributed by atoms with E-state index >= 15 is 0 Å². The fourth-order valence-electron chi connectivity index (χ4n) is 3.17. The maximum atomic E-state index is 10.6. The summed E-state index contributed by atoms with van der Waals surface area (Å²) in [5.41, 5.74) is 5.20. The van der Waals surface area contributed by atoms with Crippen LogP contribution in [0.25, 0.3) is 0 Å². The molecule has 0 amide bonds. The molecule has 0 bridgehead atoms. The van der Waals surface area contributed by atoms with Crippen LogP contribution in [0.15, 0.2) is 0 Å². The van der Waals surface area contributed by atoms with Crippen LogP contribution in [0.2, 0.25) is 0 Å². The Morgan fingerprint density at radius 2 is 1.71 bits per heavy atom. The van der Waals surface area contributed by atoms with E-state index in [1.807, 2.05) is 0 Å². The molecule has 3 N–H and O–H groups in total. The van der Waals surface area contributed by atoms with Crippen LogP contribution < -0.4 is 5.73 Å². The lowest BCUT2D eigenvalue weighted by Gasteiger charge is -2.52. The van der Waals surface area contributed by atoms with Crippen molar-refractivity contribution < 1.29 is 9.84 Å². The average molecular weight is 199 g/mol. The third-order valence-corrected chi connectivity index (χ3v) is 4.27. The molecule has 3 heteroatoms. The van der Waals surface area contributed by atoms with E-state index in [1.54, 1.807) is 0 Å². The van der Waals surface area contributed by atoms with E-state index in [0.717, 1.165) is 45.3 Å². The van der Waals surface area contributed by atoms with Gasteiger partial charge in [0.15, 0.2) is 0 Å². The van der Waals surface area contributed by atoms with E-state index in [2.05, 4.69) is 0 Å². The fraction of sp³-hybridized carbons (Fsp3) is 1.00. The zero-order chi connectivity index (χ0) is 10.1. The van der Waals surface area contributed by atoms with Gasteiger partial charge in [-0.3, -0.25) is 0 Å². The Bertz CT molecular complexity index is 193. The lowest BCUT2D eigenvalue weighted by Crippen LogP contribution is -2.57. The topological polar surface area (TPSA) is 55.5 Å². The van der Waals surface area contributed by atoms with Crippen LogP contribution in [0.4, 0.5) is 0 Å². The highest BCUT2D eigenvalue weighted by Gasteiger charge is 2.51. The Labute approximate surface area is 85.6 Å². The van der Waals surface area contributed by atoms with Gasteiger partial charge in [0.1, 0.15) is 0 Å². The quantitative estimate of drug-likeness (QED) is 0.663.